The van der Waals surface area contributed by atoms with E-state index in [2.05, 4.69) is 4.98 Å². The first-order chi connectivity index (χ1) is 13.7. The fourth-order valence-corrected chi connectivity index (χ4v) is 2.93. The molecular weight excluding hydrogens is 370 g/mol. The number of thioether (sulfide) groups is 1. The molecule has 150 valence electrons. The summed E-state index contributed by atoms with van der Waals surface area (Å²) in [4.78, 5) is 27.1. The number of rotatable bonds is 6. The largest absolute Gasteiger partial charge is 0.489 e. The first-order valence-corrected chi connectivity index (χ1v) is 10.7. The van der Waals surface area contributed by atoms with Crippen LogP contribution in [0.5, 0.6) is 5.75 Å². The average Bonchev–Trinajstić information content (AvgIpc) is 3.18. The number of Topliss-reactive ketones (excluding diaryl/α,β-unsaturated/α-hetero) is 1. The fourth-order valence-electron chi connectivity index (χ4n) is 2.42. The zero-order valence-electron chi connectivity index (χ0n) is 17.2. The molecule has 1 heterocycles. The van der Waals surface area contributed by atoms with Crippen LogP contribution in [-0.2, 0) is 11.4 Å². The Morgan fingerprint density at radius 1 is 1.00 bits per heavy atom. The number of H-pyrrole nitrogens is 1. The predicted molar refractivity (Wildman–Crippen MR) is 119 cm³/mol. The number of aromatic amines is 1. The molecular formula is C23H29NO3S. The van der Waals surface area contributed by atoms with Gasteiger partial charge in [-0.05, 0) is 29.5 Å². The number of carbonyl (C=O) groups is 2. The predicted octanol–water partition coefficient (Wildman–Crippen LogP) is 6.26. The topological polar surface area (TPSA) is 59.2 Å². The van der Waals surface area contributed by atoms with Crippen LogP contribution < -0.4 is 4.74 Å². The van der Waals surface area contributed by atoms with E-state index in [1.807, 2.05) is 77.1 Å². The van der Waals surface area contributed by atoms with E-state index in [9.17, 15) is 9.59 Å². The lowest BCUT2D eigenvalue weighted by Gasteiger charge is -2.07. The van der Waals surface area contributed by atoms with Crippen molar-refractivity contribution < 1.29 is 14.3 Å². The first-order valence-electron chi connectivity index (χ1n) is 9.68. The van der Waals surface area contributed by atoms with E-state index >= 15 is 0 Å². The average molecular weight is 400 g/mol. The lowest BCUT2D eigenvalue weighted by Crippen LogP contribution is -2.09. The number of ketones is 1. The van der Waals surface area contributed by atoms with E-state index in [0.717, 1.165) is 22.8 Å². The third-order valence-corrected chi connectivity index (χ3v) is 4.34. The number of nitrogens with one attached hydrogen (secondary N) is 1. The molecule has 0 saturated heterocycles. The van der Waals surface area contributed by atoms with Gasteiger partial charge in [-0.2, -0.15) is 0 Å². The molecule has 0 aliphatic carbocycles. The van der Waals surface area contributed by atoms with Crippen molar-refractivity contribution >= 4 is 33.6 Å². The second kappa shape index (κ2) is 12.8. The van der Waals surface area contributed by atoms with E-state index in [-0.39, 0.29) is 0 Å². The Bertz CT molecular complexity index is 872. The van der Waals surface area contributed by atoms with Gasteiger partial charge < -0.3 is 9.72 Å². The molecule has 0 spiro atoms. The normalized spacial score (nSPS) is 9.61. The number of aromatic nitrogens is 1. The summed E-state index contributed by atoms with van der Waals surface area (Å²) < 4.78 is 5.80. The molecule has 0 amide bonds. The van der Waals surface area contributed by atoms with Gasteiger partial charge in [0.15, 0.2) is 0 Å². The van der Waals surface area contributed by atoms with E-state index in [4.69, 9.17) is 4.74 Å². The summed E-state index contributed by atoms with van der Waals surface area (Å²) in [5.41, 5.74) is 2.26. The maximum absolute atomic E-state index is 12.3. The highest BCUT2D eigenvalue weighted by Gasteiger charge is 2.20. The van der Waals surface area contributed by atoms with Gasteiger partial charge in [-0.25, -0.2) is 0 Å². The molecule has 28 heavy (non-hydrogen) atoms. The van der Waals surface area contributed by atoms with Crippen molar-refractivity contribution in [3.05, 3.63) is 65.9 Å². The number of ether oxygens (including phenoxy) is 1. The summed E-state index contributed by atoms with van der Waals surface area (Å²) in [6.45, 7) is 10.3. The lowest BCUT2D eigenvalue weighted by atomic mass is 10.1. The minimum absolute atomic E-state index is 0.390. The Morgan fingerprint density at radius 2 is 1.68 bits per heavy atom. The highest BCUT2D eigenvalue weighted by molar-refractivity contribution is 8.15. The molecule has 0 unspecified atom stereocenters. The van der Waals surface area contributed by atoms with Crippen LogP contribution in [0.4, 0.5) is 0 Å². The molecule has 1 N–H and O–H groups in total. The first kappa shape index (κ1) is 23.5. The minimum Gasteiger partial charge on any atom is -0.489 e. The van der Waals surface area contributed by atoms with E-state index < -0.39 is 10.9 Å². The Morgan fingerprint density at radius 3 is 2.32 bits per heavy atom. The van der Waals surface area contributed by atoms with Crippen molar-refractivity contribution in [2.45, 2.75) is 41.2 Å². The molecule has 0 fully saturated rings. The maximum atomic E-state index is 12.3. The van der Waals surface area contributed by atoms with Gasteiger partial charge in [0.25, 0.3) is 5.12 Å². The maximum Gasteiger partial charge on any atom is 0.260 e. The zero-order valence-corrected chi connectivity index (χ0v) is 18.1. The van der Waals surface area contributed by atoms with E-state index in [1.165, 1.54) is 0 Å². The number of fused-ring (bicyclic) bond motifs is 1. The van der Waals surface area contributed by atoms with Crippen LogP contribution in [0.2, 0.25) is 0 Å². The van der Waals surface area contributed by atoms with Gasteiger partial charge in [0, 0.05) is 17.1 Å². The second-order valence-corrected chi connectivity index (χ2v) is 6.47. The number of hydrogen-bond donors (Lipinski definition) is 1. The Balaban J connectivity index is 0.000000921. The third kappa shape index (κ3) is 6.27. The van der Waals surface area contributed by atoms with Gasteiger partial charge in [0.05, 0.1) is 5.56 Å². The number of benzene rings is 2. The molecule has 1 aromatic heterocycles. The molecule has 0 saturated carbocycles. The van der Waals surface area contributed by atoms with Crippen molar-refractivity contribution in [2.24, 2.45) is 0 Å². The van der Waals surface area contributed by atoms with Crippen LogP contribution in [0.15, 0.2) is 54.7 Å². The molecule has 4 nitrogen and oxygen atoms in total. The lowest BCUT2D eigenvalue weighted by molar-refractivity contribution is -0.107. The van der Waals surface area contributed by atoms with Crippen LogP contribution in [-0.4, -0.2) is 21.6 Å². The summed E-state index contributed by atoms with van der Waals surface area (Å²) in [6.07, 6.45) is 1.59. The van der Waals surface area contributed by atoms with Gasteiger partial charge >= 0.3 is 0 Å². The van der Waals surface area contributed by atoms with Crippen molar-refractivity contribution in [1.82, 2.24) is 4.98 Å². The van der Waals surface area contributed by atoms with Gasteiger partial charge in [0.2, 0.25) is 5.78 Å². The van der Waals surface area contributed by atoms with E-state index in [0.29, 0.717) is 29.1 Å². The Labute approximate surface area is 171 Å². The van der Waals surface area contributed by atoms with Crippen LogP contribution in [0, 0.1) is 0 Å². The highest BCUT2D eigenvalue weighted by atomic mass is 32.2. The van der Waals surface area contributed by atoms with Crippen LogP contribution in [0.1, 0.15) is 50.5 Å². The Kier molecular flexibility index (Phi) is 10.7. The minimum atomic E-state index is -0.478. The van der Waals surface area contributed by atoms with Crippen molar-refractivity contribution in [3.8, 4) is 5.75 Å². The van der Waals surface area contributed by atoms with Crippen molar-refractivity contribution in [1.29, 1.82) is 0 Å². The molecule has 5 heteroatoms. The molecule has 3 aromatic rings. The highest BCUT2D eigenvalue weighted by Crippen LogP contribution is 2.25. The third-order valence-electron chi connectivity index (χ3n) is 3.61. The van der Waals surface area contributed by atoms with E-state index in [1.54, 1.807) is 12.3 Å². The molecule has 2 aromatic carbocycles. The number of carbonyl (C=O) groups excluding carboxylic acids is 2. The number of hydrogen-bond acceptors (Lipinski definition) is 4. The second-order valence-electron chi connectivity index (χ2n) is 5.23. The summed E-state index contributed by atoms with van der Waals surface area (Å²) in [6, 6.07) is 15.4. The van der Waals surface area contributed by atoms with Gasteiger partial charge in [-0.3, -0.25) is 9.59 Å². The standard InChI is InChI=1S/C19H17NO3S.2C2H6/c1-2-24-19(22)18(21)16-11-20-17-9-8-14(10-15(16)17)23-12-13-6-4-3-5-7-13;2*1-2/h3-11,20H,2,12H2,1H3;2*1-2H3. The van der Waals surface area contributed by atoms with Gasteiger partial charge in [-0.15, -0.1) is 0 Å². The molecule has 0 aliphatic rings. The molecule has 0 bridgehead atoms. The Hall–Kier alpha value is -2.53. The van der Waals surface area contributed by atoms with Crippen LogP contribution >= 0.6 is 11.8 Å². The quantitative estimate of drug-likeness (QED) is 0.392. The van der Waals surface area contributed by atoms with Crippen molar-refractivity contribution in [2.75, 3.05) is 5.75 Å². The molecule has 0 aliphatic heterocycles. The van der Waals surface area contributed by atoms with Gasteiger partial charge in [0.1, 0.15) is 12.4 Å². The SMILES string of the molecule is CC.CC.CCSC(=O)C(=O)c1c[nH]c2ccc(OCc3ccccc3)cc12. The summed E-state index contributed by atoms with van der Waals surface area (Å²) >= 11 is 1.02. The van der Waals surface area contributed by atoms with Crippen molar-refractivity contribution in [3.63, 3.8) is 0 Å². The smallest absolute Gasteiger partial charge is 0.260 e. The monoisotopic (exact) mass is 399 g/mol. The summed E-state index contributed by atoms with van der Waals surface area (Å²) in [7, 11) is 0. The van der Waals surface area contributed by atoms with Crippen LogP contribution in [0.3, 0.4) is 0 Å². The molecule has 3 rings (SSSR count). The molecule has 0 radical (unpaired) electrons. The van der Waals surface area contributed by atoms with Gasteiger partial charge in [-0.1, -0.05) is 76.7 Å². The summed E-state index contributed by atoms with van der Waals surface area (Å²) in [5.74, 6) is 0.766. The fraction of sp³-hybridized carbons (Fsp3) is 0.304. The molecule has 0 atom stereocenters. The summed E-state index contributed by atoms with van der Waals surface area (Å²) in [5, 5.41) is 0.268. The van der Waals surface area contributed by atoms with Crippen LogP contribution in [0.25, 0.3) is 10.9 Å². The zero-order chi connectivity index (χ0) is 20.9.